The summed E-state index contributed by atoms with van der Waals surface area (Å²) in [7, 11) is 0. The molecular formula is C9H7BrF3NO2. The van der Waals surface area contributed by atoms with Gasteiger partial charge in [0.2, 0.25) is 6.29 Å². The Bertz CT molecular complexity index is 391. The quantitative estimate of drug-likeness (QED) is 0.799. The number of ether oxygens (including phenoxy) is 2. The lowest BCUT2D eigenvalue weighted by Gasteiger charge is -2.15. The van der Waals surface area contributed by atoms with Crippen molar-refractivity contribution < 1.29 is 22.6 Å². The van der Waals surface area contributed by atoms with Gasteiger partial charge in [0.1, 0.15) is 5.69 Å². The Kier molecular flexibility index (Phi) is 3.18. The minimum Gasteiger partial charge on any atom is -0.345 e. The van der Waals surface area contributed by atoms with Gasteiger partial charge in [-0.05, 0) is 22.0 Å². The second-order valence-electron chi connectivity index (χ2n) is 3.16. The fourth-order valence-electron chi connectivity index (χ4n) is 1.38. The number of hydrogen-bond donors (Lipinski definition) is 0. The molecule has 0 amide bonds. The molecule has 0 atom stereocenters. The normalized spacial score (nSPS) is 18.0. The molecule has 0 bridgehead atoms. The van der Waals surface area contributed by atoms with Crippen LogP contribution < -0.4 is 0 Å². The van der Waals surface area contributed by atoms with E-state index in [4.69, 9.17) is 9.47 Å². The summed E-state index contributed by atoms with van der Waals surface area (Å²) in [5, 5.41) is 0. The van der Waals surface area contributed by atoms with Crippen LogP contribution >= 0.6 is 15.9 Å². The first-order valence-corrected chi connectivity index (χ1v) is 5.23. The lowest BCUT2D eigenvalue weighted by atomic mass is 10.2. The van der Waals surface area contributed by atoms with Crippen molar-refractivity contribution in [3.63, 3.8) is 0 Å². The smallest absolute Gasteiger partial charge is 0.345 e. The fraction of sp³-hybridized carbons (Fsp3) is 0.444. The Morgan fingerprint density at radius 3 is 2.50 bits per heavy atom. The number of hydrogen-bond acceptors (Lipinski definition) is 3. The molecule has 1 aromatic rings. The first-order chi connectivity index (χ1) is 7.48. The summed E-state index contributed by atoms with van der Waals surface area (Å²) in [5.41, 5.74) is -1.07. The molecule has 1 aliphatic heterocycles. The van der Waals surface area contributed by atoms with E-state index in [0.717, 1.165) is 6.07 Å². The minimum absolute atomic E-state index is 0.229. The summed E-state index contributed by atoms with van der Waals surface area (Å²) < 4.78 is 48.4. The third kappa shape index (κ3) is 2.36. The van der Waals surface area contributed by atoms with E-state index in [1.54, 1.807) is 0 Å². The zero-order chi connectivity index (χ0) is 11.8. The van der Waals surface area contributed by atoms with Gasteiger partial charge in [-0.1, -0.05) is 0 Å². The van der Waals surface area contributed by atoms with Crippen molar-refractivity contribution in [2.45, 2.75) is 12.5 Å². The van der Waals surface area contributed by atoms with E-state index >= 15 is 0 Å². The third-order valence-corrected chi connectivity index (χ3v) is 2.47. The first-order valence-electron chi connectivity index (χ1n) is 4.44. The minimum atomic E-state index is -4.47. The van der Waals surface area contributed by atoms with Crippen LogP contribution in [0.25, 0.3) is 0 Å². The van der Waals surface area contributed by atoms with Crippen LogP contribution in [0, 0.1) is 0 Å². The van der Waals surface area contributed by atoms with Crippen LogP contribution in [0.2, 0.25) is 0 Å². The molecule has 0 saturated carbocycles. The van der Waals surface area contributed by atoms with Gasteiger partial charge in [-0.15, -0.1) is 0 Å². The molecule has 1 saturated heterocycles. The average Bonchev–Trinajstić information content (AvgIpc) is 2.69. The number of nitrogens with zero attached hydrogens (tertiary/aromatic N) is 1. The number of halogens is 4. The van der Waals surface area contributed by atoms with Gasteiger partial charge in [0.25, 0.3) is 0 Å². The molecule has 0 N–H and O–H groups in total. The van der Waals surface area contributed by atoms with Crippen LogP contribution in [0.1, 0.15) is 17.5 Å². The van der Waals surface area contributed by atoms with Crippen molar-refractivity contribution >= 4 is 15.9 Å². The molecule has 16 heavy (non-hydrogen) atoms. The molecule has 0 aromatic carbocycles. The van der Waals surface area contributed by atoms with E-state index in [1.807, 2.05) is 0 Å². The molecule has 1 aliphatic rings. The molecule has 0 aliphatic carbocycles. The van der Waals surface area contributed by atoms with Gasteiger partial charge in [-0.3, -0.25) is 4.98 Å². The van der Waals surface area contributed by atoms with Crippen molar-refractivity contribution in [3.8, 4) is 0 Å². The molecule has 1 fully saturated rings. The summed E-state index contributed by atoms with van der Waals surface area (Å²) in [6, 6.07) is 0.966. The van der Waals surface area contributed by atoms with Crippen LogP contribution in [0.15, 0.2) is 16.7 Å². The van der Waals surface area contributed by atoms with Crippen LogP contribution in [-0.2, 0) is 15.7 Å². The van der Waals surface area contributed by atoms with Crippen molar-refractivity contribution in [1.82, 2.24) is 4.98 Å². The monoisotopic (exact) mass is 297 g/mol. The number of pyridine rings is 1. The number of alkyl halides is 3. The maximum absolute atomic E-state index is 12.7. The van der Waals surface area contributed by atoms with Gasteiger partial charge in [0.05, 0.1) is 18.8 Å². The van der Waals surface area contributed by atoms with Gasteiger partial charge in [0.15, 0.2) is 0 Å². The molecule has 7 heteroatoms. The van der Waals surface area contributed by atoms with Crippen LogP contribution in [0.4, 0.5) is 13.2 Å². The Morgan fingerprint density at radius 1 is 1.31 bits per heavy atom. The van der Waals surface area contributed by atoms with E-state index in [2.05, 4.69) is 20.9 Å². The Morgan fingerprint density at radius 2 is 1.94 bits per heavy atom. The predicted molar refractivity (Wildman–Crippen MR) is 51.6 cm³/mol. The highest BCUT2D eigenvalue weighted by Gasteiger charge is 2.38. The molecule has 0 radical (unpaired) electrons. The van der Waals surface area contributed by atoms with Gasteiger partial charge in [-0.2, -0.15) is 13.2 Å². The van der Waals surface area contributed by atoms with Gasteiger partial charge in [-0.25, -0.2) is 0 Å². The summed E-state index contributed by atoms with van der Waals surface area (Å²) in [6.45, 7) is 0.555. The van der Waals surface area contributed by atoms with Crippen molar-refractivity contribution in [3.05, 3.63) is 28.0 Å². The molecule has 0 spiro atoms. The van der Waals surface area contributed by atoms with E-state index < -0.39 is 18.0 Å². The average molecular weight is 298 g/mol. The number of rotatable bonds is 1. The van der Waals surface area contributed by atoms with Gasteiger partial charge >= 0.3 is 6.18 Å². The van der Waals surface area contributed by atoms with E-state index in [0.29, 0.717) is 0 Å². The van der Waals surface area contributed by atoms with Gasteiger partial charge in [0, 0.05) is 10.7 Å². The zero-order valence-corrected chi connectivity index (χ0v) is 9.51. The summed E-state index contributed by atoms with van der Waals surface area (Å²) in [6.07, 6.45) is -4.21. The molecule has 1 aromatic heterocycles. The lowest BCUT2D eigenvalue weighted by molar-refractivity contribution is -0.143. The maximum atomic E-state index is 12.7. The SMILES string of the molecule is FC(F)(F)c1cc(Br)cnc1C1OCCO1. The Labute approximate surface area is 97.7 Å². The number of aromatic nitrogens is 1. The second-order valence-corrected chi connectivity index (χ2v) is 4.07. The summed E-state index contributed by atoms with van der Waals surface area (Å²) >= 11 is 2.95. The van der Waals surface area contributed by atoms with Crippen molar-refractivity contribution in [2.75, 3.05) is 13.2 Å². The molecule has 88 valence electrons. The summed E-state index contributed by atoms with van der Waals surface area (Å²) in [4.78, 5) is 3.71. The molecule has 2 rings (SSSR count). The molecule has 0 unspecified atom stereocenters. The molecular weight excluding hydrogens is 291 g/mol. The Hall–Kier alpha value is -0.660. The largest absolute Gasteiger partial charge is 0.418 e. The highest BCUT2D eigenvalue weighted by molar-refractivity contribution is 9.10. The second kappa shape index (κ2) is 4.31. The van der Waals surface area contributed by atoms with Gasteiger partial charge < -0.3 is 9.47 Å². The van der Waals surface area contributed by atoms with Crippen LogP contribution in [0.5, 0.6) is 0 Å². The topological polar surface area (TPSA) is 31.4 Å². The molecule has 2 heterocycles. The third-order valence-electron chi connectivity index (χ3n) is 2.04. The highest BCUT2D eigenvalue weighted by Crippen LogP contribution is 2.37. The summed E-state index contributed by atoms with van der Waals surface area (Å²) in [5.74, 6) is 0. The molecule has 3 nitrogen and oxygen atoms in total. The van der Waals surface area contributed by atoms with E-state index in [9.17, 15) is 13.2 Å². The van der Waals surface area contributed by atoms with Crippen LogP contribution in [-0.4, -0.2) is 18.2 Å². The maximum Gasteiger partial charge on any atom is 0.418 e. The van der Waals surface area contributed by atoms with E-state index in [1.165, 1.54) is 6.20 Å². The predicted octanol–water partition coefficient (Wildman–Crippen LogP) is 2.91. The highest BCUT2D eigenvalue weighted by atomic mass is 79.9. The first kappa shape index (κ1) is 11.8. The standard InChI is InChI=1S/C9H7BrF3NO2/c10-5-3-6(9(11,12)13)7(14-4-5)8-15-1-2-16-8/h3-4,8H,1-2H2. The fourth-order valence-corrected chi connectivity index (χ4v) is 1.71. The van der Waals surface area contributed by atoms with E-state index in [-0.39, 0.29) is 23.4 Å². The zero-order valence-electron chi connectivity index (χ0n) is 7.92. The van der Waals surface area contributed by atoms with Crippen molar-refractivity contribution in [2.24, 2.45) is 0 Å². The lowest BCUT2D eigenvalue weighted by Crippen LogP contribution is -2.14. The van der Waals surface area contributed by atoms with Crippen molar-refractivity contribution in [1.29, 1.82) is 0 Å². The van der Waals surface area contributed by atoms with Crippen LogP contribution in [0.3, 0.4) is 0 Å². The Balaban J connectivity index is 2.43.